The number of nitrogens with zero attached hydrogens (tertiary/aromatic N) is 1. The summed E-state index contributed by atoms with van der Waals surface area (Å²) in [5.41, 5.74) is 0. The molecule has 1 aliphatic rings. The third-order valence-corrected chi connectivity index (χ3v) is 5.78. The lowest BCUT2D eigenvalue weighted by molar-refractivity contribution is -0.128. The van der Waals surface area contributed by atoms with E-state index >= 15 is 0 Å². The number of carbonyl (C=O) groups is 1. The van der Waals surface area contributed by atoms with Gasteiger partial charge in [-0.05, 0) is 47.2 Å². The molecule has 6 nitrogen and oxygen atoms in total. The van der Waals surface area contributed by atoms with E-state index in [1.54, 1.807) is 30.2 Å². The van der Waals surface area contributed by atoms with Crippen LogP contribution in [-0.4, -0.2) is 57.0 Å². The summed E-state index contributed by atoms with van der Waals surface area (Å²) in [6.07, 6.45) is 3.48. The minimum Gasteiger partial charge on any atom is -0.451 e. The SMILES string of the molecule is COCCN(C(=O)/C=C/c1ccc(I)o1)C1CCS(=O)(=O)C1. The topological polar surface area (TPSA) is 76.8 Å². The summed E-state index contributed by atoms with van der Waals surface area (Å²) in [4.78, 5) is 13.9. The van der Waals surface area contributed by atoms with E-state index in [0.717, 1.165) is 3.77 Å². The zero-order chi connectivity index (χ0) is 16.2. The number of ether oxygens (including phenoxy) is 1. The smallest absolute Gasteiger partial charge is 0.247 e. The van der Waals surface area contributed by atoms with Gasteiger partial charge >= 0.3 is 0 Å². The first-order valence-corrected chi connectivity index (χ1v) is 9.74. The maximum atomic E-state index is 12.4. The fourth-order valence-corrected chi connectivity index (χ4v) is 4.52. The molecule has 1 aromatic rings. The highest BCUT2D eigenvalue weighted by Crippen LogP contribution is 2.19. The third kappa shape index (κ3) is 4.82. The maximum absolute atomic E-state index is 12.4. The number of methoxy groups -OCH3 is 1. The van der Waals surface area contributed by atoms with Crippen molar-refractivity contribution in [3.63, 3.8) is 0 Å². The van der Waals surface area contributed by atoms with Crippen LogP contribution in [0.25, 0.3) is 6.08 Å². The van der Waals surface area contributed by atoms with Gasteiger partial charge in [0.1, 0.15) is 5.76 Å². The van der Waals surface area contributed by atoms with E-state index in [1.807, 2.05) is 22.6 Å². The molecule has 1 amide bonds. The van der Waals surface area contributed by atoms with Crippen molar-refractivity contribution in [3.05, 3.63) is 27.7 Å². The molecule has 0 aliphatic carbocycles. The Kier molecular flexibility index (Phi) is 6.04. The summed E-state index contributed by atoms with van der Waals surface area (Å²) in [6.45, 7) is 0.740. The van der Waals surface area contributed by atoms with Crippen LogP contribution >= 0.6 is 22.6 Å². The Hall–Kier alpha value is -0.870. The fourth-order valence-electron chi connectivity index (χ4n) is 2.35. The van der Waals surface area contributed by atoms with Crippen LogP contribution in [0.2, 0.25) is 0 Å². The van der Waals surface area contributed by atoms with Gasteiger partial charge in [-0.3, -0.25) is 4.79 Å². The first kappa shape index (κ1) is 17.5. The van der Waals surface area contributed by atoms with Gasteiger partial charge in [0.25, 0.3) is 0 Å². The molecule has 22 heavy (non-hydrogen) atoms. The molecule has 1 saturated heterocycles. The predicted molar refractivity (Wildman–Crippen MR) is 91.1 cm³/mol. The van der Waals surface area contributed by atoms with Crippen LogP contribution in [0.3, 0.4) is 0 Å². The van der Waals surface area contributed by atoms with E-state index < -0.39 is 9.84 Å². The predicted octanol–water partition coefficient (Wildman–Crippen LogP) is 1.56. The highest BCUT2D eigenvalue weighted by Gasteiger charge is 2.33. The molecular formula is C14H18INO5S. The number of halogens is 1. The number of hydrogen-bond acceptors (Lipinski definition) is 5. The van der Waals surface area contributed by atoms with E-state index in [-0.39, 0.29) is 23.5 Å². The number of amides is 1. The maximum Gasteiger partial charge on any atom is 0.247 e. The minimum atomic E-state index is -3.04. The van der Waals surface area contributed by atoms with Crippen LogP contribution in [0, 0.1) is 3.77 Å². The summed E-state index contributed by atoms with van der Waals surface area (Å²) in [6, 6.07) is 3.29. The lowest BCUT2D eigenvalue weighted by atomic mass is 10.2. The van der Waals surface area contributed by atoms with Crippen molar-refractivity contribution in [1.82, 2.24) is 4.90 Å². The lowest BCUT2D eigenvalue weighted by Crippen LogP contribution is -2.42. The standard InChI is InChI=1S/C14H18INO5S/c1-20-8-7-16(11-6-9-22(18,19)10-11)14(17)5-3-12-2-4-13(15)21-12/h2-5,11H,6-10H2,1H3/b5-3+. The summed E-state index contributed by atoms with van der Waals surface area (Å²) < 4.78 is 34.4. The van der Waals surface area contributed by atoms with E-state index in [2.05, 4.69) is 0 Å². The second kappa shape index (κ2) is 7.60. The second-order valence-electron chi connectivity index (χ2n) is 5.06. The van der Waals surface area contributed by atoms with Crippen molar-refractivity contribution in [2.75, 3.05) is 31.8 Å². The molecule has 1 atom stereocenters. The van der Waals surface area contributed by atoms with Gasteiger partial charge in [-0.2, -0.15) is 0 Å². The van der Waals surface area contributed by atoms with Gasteiger partial charge < -0.3 is 14.1 Å². The van der Waals surface area contributed by atoms with Crippen LogP contribution in [0.1, 0.15) is 12.2 Å². The van der Waals surface area contributed by atoms with Gasteiger partial charge in [-0.1, -0.05) is 0 Å². The molecule has 122 valence electrons. The third-order valence-electron chi connectivity index (χ3n) is 3.45. The number of carbonyl (C=O) groups excluding carboxylic acids is 1. The zero-order valence-electron chi connectivity index (χ0n) is 12.2. The van der Waals surface area contributed by atoms with Crippen LogP contribution in [0.5, 0.6) is 0 Å². The van der Waals surface area contributed by atoms with Gasteiger partial charge in [0.15, 0.2) is 13.6 Å². The fraction of sp³-hybridized carbons (Fsp3) is 0.500. The Morgan fingerprint density at radius 1 is 1.55 bits per heavy atom. The number of furan rings is 1. The first-order chi connectivity index (χ1) is 10.4. The number of sulfone groups is 1. The molecular weight excluding hydrogens is 421 g/mol. The minimum absolute atomic E-state index is 0.0228. The molecule has 0 bridgehead atoms. The summed E-state index contributed by atoms with van der Waals surface area (Å²) >= 11 is 2.04. The van der Waals surface area contributed by atoms with Crippen molar-refractivity contribution < 1.29 is 22.4 Å². The average Bonchev–Trinajstić information content (AvgIpc) is 3.03. The van der Waals surface area contributed by atoms with Crippen LogP contribution < -0.4 is 0 Å². The molecule has 0 saturated carbocycles. The molecule has 0 N–H and O–H groups in total. The molecule has 1 aromatic heterocycles. The van der Waals surface area contributed by atoms with Gasteiger partial charge in [-0.25, -0.2) is 8.42 Å². The van der Waals surface area contributed by atoms with Gasteiger partial charge in [-0.15, -0.1) is 0 Å². The molecule has 2 rings (SSSR count). The number of rotatable bonds is 6. The monoisotopic (exact) mass is 439 g/mol. The van der Waals surface area contributed by atoms with Crippen molar-refractivity contribution in [1.29, 1.82) is 0 Å². The first-order valence-electron chi connectivity index (χ1n) is 6.84. The van der Waals surface area contributed by atoms with E-state index in [9.17, 15) is 13.2 Å². The molecule has 1 aliphatic heterocycles. The Morgan fingerprint density at radius 2 is 2.32 bits per heavy atom. The van der Waals surface area contributed by atoms with E-state index in [0.29, 0.717) is 25.3 Å². The van der Waals surface area contributed by atoms with Gasteiger partial charge in [0, 0.05) is 25.8 Å². The molecule has 0 spiro atoms. The highest BCUT2D eigenvalue weighted by molar-refractivity contribution is 14.1. The summed E-state index contributed by atoms with van der Waals surface area (Å²) in [5, 5.41) is 0. The molecule has 2 heterocycles. The van der Waals surface area contributed by atoms with Crippen molar-refractivity contribution in [3.8, 4) is 0 Å². The normalized spacial score (nSPS) is 20.5. The van der Waals surface area contributed by atoms with Crippen molar-refractivity contribution >= 4 is 44.4 Å². The van der Waals surface area contributed by atoms with Crippen LogP contribution in [-0.2, 0) is 19.4 Å². The summed E-state index contributed by atoms with van der Waals surface area (Å²) in [5.74, 6) is 0.512. The van der Waals surface area contributed by atoms with Gasteiger partial charge in [0.05, 0.1) is 18.1 Å². The van der Waals surface area contributed by atoms with Crippen LogP contribution in [0.15, 0.2) is 22.6 Å². The largest absolute Gasteiger partial charge is 0.451 e. The summed E-state index contributed by atoms with van der Waals surface area (Å²) in [7, 11) is -1.49. The Labute approximate surface area is 143 Å². The Balaban J connectivity index is 2.07. The molecule has 0 radical (unpaired) electrons. The van der Waals surface area contributed by atoms with Crippen molar-refractivity contribution in [2.45, 2.75) is 12.5 Å². The molecule has 8 heteroatoms. The average molecular weight is 439 g/mol. The van der Waals surface area contributed by atoms with Gasteiger partial charge in [0.2, 0.25) is 5.91 Å². The molecule has 1 fully saturated rings. The highest BCUT2D eigenvalue weighted by atomic mass is 127. The molecule has 1 unspecified atom stereocenters. The Morgan fingerprint density at radius 3 is 2.86 bits per heavy atom. The van der Waals surface area contributed by atoms with Crippen LogP contribution in [0.4, 0.5) is 0 Å². The zero-order valence-corrected chi connectivity index (χ0v) is 15.2. The quantitative estimate of drug-likeness (QED) is 0.497. The second-order valence-corrected chi connectivity index (χ2v) is 8.35. The van der Waals surface area contributed by atoms with Crippen molar-refractivity contribution in [2.24, 2.45) is 0 Å². The van der Waals surface area contributed by atoms with E-state index in [1.165, 1.54) is 6.08 Å². The lowest BCUT2D eigenvalue weighted by Gasteiger charge is -2.26. The van der Waals surface area contributed by atoms with E-state index in [4.69, 9.17) is 9.15 Å². The number of hydrogen-bond donors (Lipinski definition) is 0. The Bertz CT molecular complexity index is 652. The molecule has 0 aromatic carbocycles.